The summed E-state index contributed by atoms with van der Waals surface area (Å²) >= 11 is 3.34. The van der Waals surface area contributed by atoms with Gasteiger partial charge in [0.25, 0.3) is 0 Å². The fraction of sp³-hybridized carbons (Fsp3) is 0.318. The lowest BCUT2D eigenvalue weighted by Gasteiger charge is -2.19. The number of nitrogens with zero attached hydrogens (tertiary/aromatic N) is 1. The van der Waals surface area contributed by atoms with E-state index in [-0.39, 0.29) is 36.0 Å². The molecule has 5 nitrogen and oxygen atoms in total. The summed E-state index contributed by atoms with van der Waals surface area (Å²) in [6.07, 6.45) is 3.61. The SMILES string of the molecule is O=C(COc1ccc(N2C(=O)C3CCCCC3C2=O)cc1)c1ccc(Br)cc1. The summed E-state index contributed by atoms with van der Waals surface area (Å²) < 4.78 is 6.48. The number of fused-ring (bicyclic) bond motifs is 1. The molecular formula is C22H20BrNO4. The molecule has 4 rings (SSSR count). The van der Waals surface area contributed by atoms with E-state index >= 15 is 0 Å². The molecule has 1 heterocycles. The molecular weight excluding hydrogens is 422 g/mol. The molecule has 1 aliphatic heterocycles. The second-order valence-corrected chi connectivity index (χ2v) is 8.14. The van der Waals surface area contributed by atoms with Gasteiger partial charge in [-0.2, -0.15) is 0 Å². The first-order valence-corrected chi connectivity index (χ1v) is 10.2. The van der Waals surface area contributed by atoms with E-state index in [0.29, 0.717) is 17.0 Å². The summed E-state index contributed by atoms with van der Waals surface area (Å²) in [7, 11) is 0. The first-order valence-electron chi connectivity index (χ1n) is 9.44. The van der Waals surface area contributed by atoms with Gasteiger partial charge in [-0.15, -0.1) is 0 Å². The van der Waals surface area contributed by atoms with Gasteiger partial charge in [-0.25, -0.2) is 0 Å². The zero-order valence-electron chi connectivity index (χ0n) is 15.3. The van der Waals surface area contributed by atoms with Crippen molar-refractivity contribution in [2.45, 2.75) is 25.7 Å². The van der Waals surface area contributed by atoms with Crippen molar-refractivity contribution in [3.8, 4) is 5.75 Å². The quantitative estimate of drug-likeness (QED) is 0.509. The van der Waals surface area contributed by atoms with Crippen LogP contribution in [0.25, 0.3) is 0 Å². The van der Waals surface area contributed by atoms with Gasteiger partial charge in [0.1, 0.15) is 5.75 Å². The number of rotatable bonds is 5. The van der Waals surface area contributed by atoms with Crippen LogP contribution in [0.3, 0.4) is 0 Å². The van der Waals surface area contributed by atoms with Crippen molar-refractivity contribution >= 4 is 39.2 Å². The Morgan fingerprint density at radius 3 is 2.07 bits per heavy atom. The summed E-state index contributed by atoms with van der Waals surface area (Å²) in [4.78, 5) is 38.8. The lowest BCUT2D eigenvalue weighted by molar-refractivity contribution is -0.122. The highest BCUT2D eigenvalue weighted by molar-refractivity contribution is 9.10. The Balaban J connectivity index is 1.41. The van der Waals surface area contributed by atoms with E-state index in [2.05, 4.69) is 15.9 Å². The molecule has 2 aromatic rings. The summed E-state index contributed by atoms with van der Waals surface area (Å²) in [5, 5.41) is 0. The van der Waals surface area contributed by atoms with Crippen LogP contribution >= 0.6 is 15.9 Å². The van der Waals surface area contributed by atoms with Crippen molar-refractivity contribution in [1.29, 1.82) is 0 Å². The van der Waals surface area contributed by atoms with Crippen molar-refractivity contribution in [3.05, 3.63) is 58.6 Å². The monoisotopic (exact) mass is 441 g/mol. The predicted molar refractivity (Wildman–Crippen MR) is 108 cm³/mol. The molecule has 2 unspecified atom stereocenters. The topological polar surface area (TPSA) is 63.7 Å². The van der Waals surface area contributed by atoms with Gasteiger partial charge >= 0.3 is 0 Å². The minimum atomic E-state index is -0.166. The van der Waals surface area contributed by atoms with Crippen molar-refractivity contribution < 1.29 is 19.1 Å². The van der Waals surface area contributed by atoms with Crippen molar-refractivity contribution in [2.75, 3.05) is 11.5 Å². The summed E-state index contributed by atoms with van der Waals surface area (Å²) in [6.45, 7) is -0.0767. The van der Waals surface area contributed by atoms with Crippen molar-refractivity contribution in [1.82, 2.24) is 0 Å². The van der Waals surface area contributed by atoms with Crippen LogP contribution in [-0.2, 0) is 9.59 Å². The van der Waals surface area contributed by atoms with Gasteiger partial charge < -0.3 is 4.74 Å². The van der Waals surface area contributed by atoms with E-state index < -0.39 is 0 Å². The van der Waals surface area contributed by atoms with Gasteiger partial charge in [0.15, 0.2) is 12.4 Å². The number of ether oxygens (including phenoxy) is 1. The van der Waals surface area contributed by atoms with E-state index in [1.54, 1.807) is 36.4 Å². The number of Topliss-reactive ketones (excluding diaryl/α,β-unsaturated/α-hetero) is 1. The average molecular weight is 442 g/mol. The van der Waals surface area contributed by atoms with Crippen LogP contribution in [0.5, 0.6) is 5.75 Å². The maximum absolute atomic E-state index is 12.7. The third kappa shape index (κ3) is 3.61. The smallest absolute Gasteiger partial charge is 0.237 e. The fourth-order valence-corrected chi connectivity index (χ4v) is 4.24. The number of imide groups is 1. The van der Waals surface area contributed by atoms with Crippen LogP contribution < -0.4 is 9.64 Å². The largest absolute Gasteiger partial charge is 0.485 e. The molecule has 1 saturated carbocycles. The second-order valence-electron chi connectivity index (χ2n) is 7.22. The first kappa shape index (κ1) is 18.9. The highest BCUT2D eigenvalue weighted by Gasteiger charge is 2.48. The van der Waals surface area contributed by atoms with Crippen LogP contribution in [0.15, 0.2) is 53.0 Å². The highest BCUT2D eigenvalue weighted by Crippen LogP contribution is 2.40. The molecule has 2 aromatic carbocycles. The molecule has 0 N–H and O–H groups in total. The molecule has 2 fully saturated rings. The first-order chi connectivity index (χ1) is 13.5. The number of amides is 2. The zero-order valence-corrected chi connectivity index (χ0v) is 16.9. The van der Waals surface area contributed by atoms with E-state index in [0.717, 1.165) is 30.2 Å². The van der Waals surface area contributed by atoms with Gasteiger partial charge in [-0.05, 0) is 49.2 Å². The minimum absolute atomic E-state index is 0.0767. The second kappa shape index (κ2) is 7.87. The number of carbonyl (C=O) groups excluding carboxylic acids is 3. The average Bonchev–Trinajstić information content (AvgIpc) is 2.98. The molecule has 6 heteroatoms. The van der Waals surface area contributed by atoms with Gasteiger partial charge in [-0.3, -0.25) is 19.3 Å². The molecule has 28 heavy (non-hydrogen) atoms. The summed E-state index contributed by atoms with van der Waals surface area (Å²) in [6, 6.07) is 13.9. The standard InChI is InChI=1S/C22H20BrNO4/c23-15-7-5-14(6-8-15)20(25)13-28-17-11-9-16(10-12-17)24-21(26)18-3-1-2-4-19(18)22(24)27/h5-12,18-19H,1-4,13H2. The van der Waals surface area contributed by atoms with Crippen LogP contribution in [0.2, 0.25) is 0 Å². The highest BCUT2D eigenvalue weighted by atomic mass is 79.9. The van der Waals surface area contributed by atoms with Gasteiger partial charge in [0.05, 0.1) is 17.5 Å². The fourth-order valence-electron chi connectivity index (χ4n) is 3.98. The normalized spacial score (nSPS) is 21.5. The Morgan fingerprint density at radius 2 is 1.50 bits per heavy atom. The maximum Gasteiger partial charge on any atom is 0.237 e. The third-order valence-corrected chi connectivity index (χ3v) is 6.00. The molecule has 2 atom stereocenters. The number of hydrogen-bond donors (Lipinski definition) is 0. The van der Waals surface area contributed by atoms with Gasteiger partial charge in [-0.1, -0.05) is 40.9 Å². The molecule has 0 bridgehead atoms. The van der Waals surface area contributed by atoms with Crippen LogP contribution in [0.4, 0.5) is 5.69 Å². The molecule has 1 aliphatic carbocycles. The van der Waals surface area contributed by atoms with E-state index in [9.17, 15) is 14.4 Å². The lowest BCUT2D eigenvalue weighted by atomic mass is 9.81. The molecule has 144 valence electrons. The molecule has 2 amide bonds. The molecule has 0 spiro atoms. The predicted octanol–water partition coefficient (Wildman–Crippen LogP) is 4.39. The molecule has 2 aliphatic rings. The van der Waals surface area contributed by atoms with Gasteiger partial charge in [0, 0.05) is 10.0 Å². The molecule has 1 saturated heterocycles. The maximum atomic E-state index is 12.7. The third-order valence-electron chi connectivity index (χ3n) is 5.47. The Kier molecular flexibility index (Phi) is 5.31. The van der Waals surface area contributed by atoms with Crippen LogP contribution in [0, 0.1) is 11.8 Å². The van der Waals surface area contributed by atoms with E-state index in [4.69, 9.17) is 4.74 Å². The Labute approximate surface area is 171 Å². The number of halogens is 1. The molecule has 0 radical (unpaired) electrons. The van der Waals surface area contributed by atoms with E-state index in [1.165, 1.54) is 4.90 Å². The number of hydrogen-bond acceptors (Lipinski definition) is 4. The Bertz CT molecular complexity index is 883. The Hall–Kier alpha value is -2.47. The minimum Gasteiger partial charge on any atom is -0.485 e. The number of ketones is 1. The lowest BCUT2D eigenvalue weighted by Crippen LogP contribution is -2.30. The van der Waals surface area contributed by atoms with Crippen molar-refractivity contribution in [3.63, 3.8) is 0 Å². The summed E-state index contributed by atoms with van der Waals surface area (Å²) in [5.41, 5.74) is 1.15. The van der Waals surface area contributed by atoms with Crippen LogP contribution in [0.1, 0.15) is 36.0 Å². The van der Waals surface area contributed by atoms with Crippen LogP contribution in [-0.4, -0.2) is 24.2 Å². The number of carbonyl (C=O) groups is 3. The zero-order chi connectivity index (χ0) is 19.7. The number of benzene rings is 2. The summed E-state index contributed by atoms with van der Waals surface area (Å²) in [5.74, 6) is -0.111. The number of anilines is 1. The molecule has 0 aromatic heterocycles. The van der Waals surface area contributed by atoms with Gasteiger partial charge in [0.2, 0.25) is 11.8 Å². The van der Waals surface area contributed by atoms with Crippen molar-refractivity contribution in [2.24, 2.45) is 11.8 Å². The van der Waals surface area contributed by atoms with E-state index in [1.807, 2.05) is 12.1 Å². The Morgan fingerprint density at radius 1 is 0.929 bits per heavy atom.